The fourth-order valence-corrected chi connectivity index (χ4v) is 1.51. The standard InChI is InChI=1S/C13H20N2O2/c1-17-13(16)5-3-2-4-10-15-12-8-6-11(14)7-9-12/h6-9,15H,2-5,10,14H2,1H3. The molecule has 0 spiro atoms. The van der Waals surface area contributed by atoms with Gasteiger partial charge in [-0.1, -0.05) is 6.42 Å². The Hall–Kier alpha value is -1.71. The van der Waals surface area contributed by atoms with Gasteiger partial charge in [0.05, 0.1) is 7.11 Å². The van der Waals surface area contributed by atoms with Crippen molar-refractivity contribution in [2.45, 2.75) is 25.7 Å². The second-order valence-electron chi connectivity index (χ2n) is 3.94. The Morgan fingerprint density at radius 2 is 1.94 bits per heavy atom. The molecule has 17 heavy (non-hydrogen) atoms. The molecule has 1 rings (SSSR count). The summed E-state index contributed by atoms with van der Waals surface area (Å²) in [5, 5.41) is 3.30. The van der Waals surface area contributed by atoms with Gasteiger partial charge in [-0.15, -0.1) is 0 Å². The van der Waals surface area contributed by atoms with Crippen molar-refractivity contribution in [3.8, 4) is 0 Å². The zero-order chi connectivity index (χ0) is 12.5. The van der Waals surface area contributed by atoms with E-state index in [1.165, 1.54) is 7.11 Å². The summed E-state index contributed by atoms with van der Waals surface area (Å²) in [6, 6.07) is 7.67. The third-order valence-corrected chi connectivity index (χ3v) is 2.53. The van der Waals surface area contributed by atoms with Crippen molar-refractivity contribution in [1.29, 1.82) is 0 Å². The first kappa shape index (κ1) is 13.4. The molecule has 0 aliphatic heterocycles. The van der Waals surface area contributed by atoms with Gasteiger partial charge < -0.3 is 15.8 Å². The van der Waals surface area contributed by atoms with Crippen LogP contribution < -0.4 is 11.1 Å². The molecule has 94 valence electrons. The molecule has 0 heterocycles. The summed E-state index contributed by atoms with van der Waals surface area (Å²) in [5.41, 5.74) is 7.44. The van der Waals surface area contributed by atoms with E-state index in [-0.39, 0.29) is 5.97 Å². The molecule has 4 heteroatoms. The van der Waals surface area contributed by atoms with Gasteiger partial charge in [-0.3, -0.25) is 4.79 Å². The summed E-state index contributed by atoms with van der Waals surface area (Å²) in [7, 11) is 1.42. The Morgan fingerprint density at radius 1 is 1.24 bits per heavy atom. The number of methoxy groups -OCH3 is 1. The second-order valence-corrected chi connectivity index (χ2v) is 3.94. The molecule has 1 aromatic carbocycles. The summed E-state index contributed by atoms with van der Waals surface area (Å²) in [5.74, 6) is -0.128. The van der Waals surface area contributed by atoms with Gasteiger partial charge >= 0.3 is 5.97 Å². The molecule has 0 fully saturated rings. The average molecular weight is 236 g/mol. The van der Waals surface area contributed by atoms with Crippen LogP contribution in [0.2, 0.25) is 0 Å². The van der Waals surface area contributed by atoms with E-state index in [1.54, 1.807) is 0 Å². The summed E-state index contributed by atoms with van der Waals surface area (Å²) in [4.78, 5) is 10.8. The first-order chi connectivity index (χ1) is 8.22. The van der Waals surface area contributed by atoms with E-state index in [0.29, 0.717) is 6.42 Å². The summed E-state index contributed by atoms with van der Waals surface area (Å²) in [6.07, 6.45) is 3.47. The van der Waals surface area contributed by atoms with Gasteiger partial charge in [0.15, 0.2) is 0 Å². The predicted octanol–water partition coefficient (Wildman–Crippen LogP) is 2.41. The van der Waals surface area contributed by atoms with E-state index in [1.807, 2.05) is 24.3 Å². The minimum absolute atomic E-state index is 0.128. The fraction of sp³-hybridized carbons (Fsp3) is 0.462. The van der Waals surface area contributed by atoms with Gasteiger partial charge in [-0.25, -0.2) is 0 Å². The van der Waals surface area contributed by atoms with Crippen LogP contribution in [-0.2, 0) is 9.53 Å². The van der Waals surface area contributed by atoms with Crippen LogP contribution >= 0.6 is 0 Å². The van der Waals surface area contributed by atoms with E-state index >= 15 is 0 Å². The molecule has 0 aromatic heterocycles. The molecule has 0 atom stereocenters. The van der Waals surface area contributed by atoms with E-state index in [4.69, 9.17) is 5.73 Å². The second kappa shape index (κ2) is 7.54. The number of hydrogen-bond donors (Lipinski definition) is 2. The van der Waals surface area contributed by atoms with Crippen LogP contribution in [0.4, 0.5) is 11.4 Å². The number of nitrogen functional groups attached to an aromatic ring is 1. The van der Waals surface area contributed by atoms with Crippen molar-refractivity contribution in [2.75, 3.05) is 24.7 Å². The fourth-order valence-electron chi connectivity index (χ4n) is 1.51. The topological polar surface area (TPSA) is 64.3 Å². The van der Waals surface area contributed by atoms with Crippen LogP contribution in [0.5, 0.6) is 0 Å². The maximum Gasteiger partial charge on any atom is 0.305 e. The highest BCUT2D eigenvalue weighted by molar-refractivity contribution is 5.68. The number of rotatable bonds is 7. The van der Waals surface area contributed by atoms with Gasteiger partial charge in [0.25, 0.3) is 0 Å². The molecular formula is C13H20N2O2. The summed E-state index contributed by atoms with van der Waals surface area (Å²) < 4.78 is 4.57. The summed E-state index contributed by atoms with van der Waals surface area (Å²) >= 11 is 0. The predicted molar refractivity (Wildman–Crippen MR) is 69.8 cm³/mol. The van der Waals surface area contributed by atoms with E-state index in [9.17, 15) is 4.79 Å². The van der Waals surface area contributed by atoms with Crippen LogP contribution in [-0.4, -0.2) is 19.6 Å². The molecule has 0 amide bonds. The number of nitrogens with two attached hydrogens (primary N) is 1. The van der Waals surface area contributed by atoms with Crippen LogP contribution in [0, 0.1) is 0 Å². The summed E-state index contributed by atoms with van der Waals surface area (Å²) in [6.45, 7) is 0.908. The first-order valence-electron chi connectivity index (χ1n) is 5.88. The number of ether oxygens (including phenoxy) is 1. The van der Waals surface area contributed by atoms with Gasteiger partial charge in [0, 0.05) is 24.3 Å². The monoisotopic (exact) mass is 236 g/mol. The van der Waals surface area contributed by atoms with Crippen molar-refractivity contribution in [3.05, 3.63) is 24.3 Å². The Labute approximate surface area is 102 Å². The number of carbonyl (C=O) groups excluding carboxylic acids is 1. The zero-order valence-corrected chi connectivity index (χ0v) is 10.2. The Bertz CT molecular complexity index is 336. The lowest BCUT2D eigenvalue weighted by molar-refractivity contribution is -0.140. The van der Waals surface area contributed by atoms with Gasteiger partial charge in [-0.05, 0) is 37.1 Å². The first-order valence-corrected chi connectivity index (χ1v) is 5.88. The maximum atomic E-state index is 10.8. The molecule has 0 saturated carbocycles. The smallest absolute Gasteiger partial charge is 0.305 e. The number of benzene rings is 1. The Morgan fingerprint density at radius 3 is 2.59 bits per heavy atom. The van der Waals surface area contributed by atoms with Gasteiger partial charge in [0.1, 0.15) is 0 Å². The van der Waals surface area contributed by atoms with Crippen LogP contribution in [0.3, 0.4) is 0 Å². The molecule has 0 aliphatic carbocycles. The van der Waals surface area contributed by atoms with Crippen LogP contribution in [0.15, 0.2) is 24.3 Å². The minimum Gasteiger partial charge on any atom is -0.469 e. The van der Waals surface area contributed by atoms with Crippen molar-refractivity contribution in [1.82, 2.24) is 0 Å². The average Bonchev–Trinajstić information content (AvgIpc) is 2.35. The van der Waals surface area contributed by atoms with Crippen molar-refractivity contribution < 1.29 is 9.53 Å². The van der Waals surface area contributed by atoms with E-state index < -0.39 is 0 Å². The highest BCUT2D eigenvalue weighted by Crippen LogP contribution is 2.10. The quantitative estimate of drug-likeness (QED) is 0.433. The Balaban J connectivity index is 2.04. The van der Waals surface area contributed by atoms with Crippen LogP contribution in [0.25, 0.3) is 0 Å². The zero-order valence-electron chi connectivity index (χ0n) is 10.2. The molecule has 3 N–H and O–H groups in total. The number of anilines is 2. The molecule has 0 unspecified atom stereocenters. The number of nitrogens with one attached hydrogen (secondary N) is 1. The molecular weight excluding hydrogens is 216 g/mol. The molecule has 0 bridgehead atoms. The highest BCUT2D eigenvalue weighted by Gasteiger charge is 1.98. The van der Waals surface area contributed by atoms with Crippen molar-refractivity contribution >= 4 is 17.3 Å². The molecule has 0 aliphatic rings. The Kier molecular flexibility index (Phi) is 5.93. The normalized spacial score (nSPS) is 9.94. The number of unbranched alkanes of at least 4 members (excludes halogenated alkanes) is 2. The van der Waals surface area contributed by atoms with Crippen LogP contribution in [0.1, 0.15) is 25.7 Å². The van der Waals surface area contributed by atoms with E-state index in [2.05, 4.69) is 10.1 Å². The molecule has 1 aromatic rings. The SMILES string of the molecule is COC(=O)CCCCCNc1ccc(N)cc1. The number of carbonyl (C=O) groups is 1. The van der Waals surface area contributed by atoms with Gasteiger partial charge in [0.2, 0.25) is 0 Å². The van der Waals surface area contributed by atoms with E-state index in [0.717, 1.165) is 37.2 Å². The third-order valence-electron chi connectivity index (χ3n) is 2.53. The molecule has 0 radical (unpaired) electrons. The minimum atomic E-state index is -0.128. The third kappa shape index (κ3) is 5.80. The lowest BCUT2D eigenvalue weighted by atomic mass is 10.2. The van der Waals surface area contributed by atoms with Crippen molar-refractivity contribution in [3.63, 3.8) is 0 Å². The number of esters is 1. The lowest BCUT2D eigenvalue weighted by Gasteiger charge is -2.06. The largest absolute Gasteiger partial charge is 0.469 e. The lowest BCUT2D eigenvalue weighted by Crippen LogP contribution is -2.03. The molecule has 0 saturated heterocycles. The highest BCUT2D eigenvalue weighted by atomic mass is 16.5. The number of hydrogen-bond acceptors (Lipinski definition) is 4. The van der Waals surface area contributed by atoms with Gasteiger partial charge in [-0.2, -0.15) is 0 Å². The van der Waals surface area contributed by atoms with Crippen molar-refractivity contribution in [2.24, 2.45) is 0 Å². The maximum absolute atomic E-state index is 10.8. The molecule has 4 nitrogen and oxygen atoms in total.